The summed E-state index contributed by atoms with van der Waals surface area (Å²) in [6.07, 6.45) is 13.9. The zero-order chi connectivity index (χ0) is 17.9. The van der Waals surface area contributed by atoms with Crippen molar-refractivity contribution in [1.82, 2.24) is 9.97 Å². The maximum Gasteiger partial charge on any atom is 0.137 e. The topological polar surface area (TPSA) is 41.1 Å². The zero-order valence-corrected chi connectivity index (χ0v) is 15.1. The first-order chi connectivity index (χ1) is 12.8. The van der Waals surface area contributed by atoms with E-state index in [4.69, 9.17) is 4.74 Å². The minimum Gasteiger partial charge on any atom is -0.497 e. The monoisotopic (exact) mass is 345 g/mol. The van der Waals surface area contributed by atoms with Gasteiger partial charge in [0.2, 0.25) is 0 Å². The molecule has 4 rings (SSSR count). The molecule has 1 aliphatic rings. The van der Waals surface area contributed by atoms with Crippen LogP contribution >= 0.6 is 0 Å². The first-order valence-electron chi connectivity index (χ1n) is 8.93. The van der Waals surface area contributed by atoms with Crippen molar-refractivity contribution in [3.63, 3.8) is 0 Å². The molecule has 0 saturated heterocycles. The van der Waals surface area contributed by atoms with Gasteiger partial charge in [0, 0.05) is 18.1 Å². The number of aromatic amines is 1. The molecular weight excluding hydrogens is 322 g/mol. The average molecular weight is 345 g/mol. The van der Waals surface area contributed by atoms with Gasteiger partial charge < -0.3 is 14.6 Å². The molecule has 1 atom stereocenters. The summed E-state index contributed by atoms with van der Waals surface area (Å²) in [6.45, 7) is 3.08. The van der Waals surface area contributed by atoms with Crippen LogP contribution in [-0.2, 0) is 0 Å². The maximum absolute atomic E-state index is 5.23. The molecule has 4 nitrogen and oxygen atoms in total. The Bertz CT molecular complexity index is 953. The van der Waals surface area contributed by atoms with Crippen molar-refractivity contribution in [2.24, 2.45) is 0 Å². The van der Waals surface area contributed by atoms with Crippen molar-refractivity contribution in [2.75, 3.05) is 18.6 Å². The Labute approximate surface area is 153 Å². The minimum absolute atomic E-state index is 0.319. The Balaban J connectivity index is 1.62. The van der Waals surface area contributed by atoms with Crippen LogP contribution in [0.2, 0.25) is 0 Å². The highest BCUT2D eigenvalue weighted by atomic mass is 16.5. The minimum atomic E-state index is 0.319. The standard InChI is InChI=1S/C22H23N3O/c1-16-20-12-13-23-22(20)24-15-21(16)25-14-4-3-5-18(25)9-6-17-7-10-19(26-2)11-8-17/h3-4,6-13,15,18H,5,14H2,1-2H3,(H,23,24). The molecule has 0 spiro atoms. The van der Waals surface area contributed by atoms with Crippen LogP contribution in [-0.4, -0.2) is 29.7 Å². The molecule has 0 amide bonds. The molecule has 3 aromatic rings. The van der Waals surface area contributed by atoms with E-state index in [0.29, 0.717) is 6.04 Å². The largest absolute Gasteiger partial charge is 0.497 e. The second-order valence-corrected chi connectivity index (χ2v) is 6.57. The average Bonchev–Trinajstić information content (AvgIpc) is 3.17. The van der Waals surface area contributed by atoms with Gasteiger partial charge in [0.25, 0.3) is 0 Å². The number of H-pyrrole nitrogens is 1. The normalized spacial score (nSPS) is 17.3. The van der Waals surface area contributed by atoms with Crippen LogP contribution in [0.3, 0.4) is 0 Å². The van der Waals surface area contributed by atoms with Gasteiger partial charge in [-0.15, -0.1) is 0 Å². The lowest BCUT2D eigenvalue weighted by Gasteiger charge is -2.34. The summed E-state index contributed by atoms with van der Waals surface area (Å²) in [5.41, 5.74) is 4.60. The van der Waals surface area contributed by atoms with E-state index in [1.54, 1.807) is 7.11 Å². The number of methoxy groups -OCH3 is 1. The van der Waals surface area contributed by atoms with E-state index >= 15 is 0 Å². The van der Waals surface area contributed by atoms with Crippen LogP contribution in [0, 0.1) is 6.92 Å². The van der Waals surface area contributed by atoms with E-state index in [-0.39, 0.29) is 0 Å². The number of aryl methyl sites for hydroxylation is 1. The molecule has 0 bridgehead atoms. The van der Waals surface area contributed by atoms with E-state index in [2.05, 4.69) is 64.3 Å². The third-order valence-electron chi connectivity index (χ3n) is 5.01. The smallest absolute Gasteiger partial charge is 0.137 e. The number of fused-ring (bicyclic) bond motifs is 1. The summed E-state index contributed by atoms with van der Waals surface area (Å²) in [7, 11) is 1.69. The van der Waals surface area contributed by atoms with Gasteiger partial charge in [0.15, 0.2) is 0 Å². The van der Waals surface area contributed by atoms with Gasteiger partial charge in [-0.25, -0.2) is 4.98 Å². The fourth-order valence-electron chi connectivity index (χ4n) is 3.50. The first-order valence-corrected chi connectivity index (χ1v) is 8.93. The maximum atomic E-state index is 5.23. The molecule has 3 heterocycles. The molecule has 1 aromatic carbocycles. The third kappa shape index (κ3) is 3.10. The van der Waals surface area contributed by atoms with Crippen LogP contribution in [0.25, 0.3) is 17.1 Å². The number of benzene rings is 1. The molecule has 0 saturated carbocycles. The second-order valence-electron chi connectivity index (χ2n) is 6.57. The van der Waals surface area contributed by atoms with Crippen molar-refractivity contribution in [3.8, 4) is 5.75 Å². The molecule has 26 heavy (non-hydrogen) atoms. The Kier molecular flexibility index (Phi) is 4.48. The van der Waals surface area contributed by atoms with Gasteiger partial charge in [-0.1, -0.05) is 36.4 Å². The molecule has 2 aromatic heterocycles. The van der Waals surface area contributed by atoms with E-state index in [9.17, 15) is 0 Å². The Morgan fingerprint density at radius 2 is 2.04 bits per heavy atom. The SMILES string of the molecule is COc1ccc(C=CC2CC=CCN2c2cnc3[nH]ccc3c2C)cc1. The molecular formula is C22H23N3O. The quantitative estimate of drug-likeness (QED) is 0.695. The van der Waals surface area contributed by atoms with Crippen LogP contribution in [0.15, 0.2) is 61.0 Å². The van der Waals surface area contributed by atoms with Crippen molar-refractivity contribution >= 4 is 22.8 Å². The van der Waals surface area contributed by atoms with Gasteiger partial charge in [-0.2, -0.15) is 0 Å². The first kappa shape index (κ1) is 16.5. The fraction of sp³-hybridized carbons (Fsp3) is 0.227. The van der Waals surface area contributed by atoms with Gasteiger partial charge >= 0.3 is 0 Å². The Morgan fingerprint density at radius 3 is 2.85 bits per heavy atom. The number of pyridine rings is 1. The summed E-state index contributed by atoms with van der Waals surface area (Å²) in [4.78, 5) is 10.2. The summed E-state index contributed by atoms with van der Waals surface area (Å²) in [5.74, 6) is 0.880. The second kappa shape index (κ2) is 7.08. The van der Waals surface area contributed by atoms with Gasteiger partial charge in [-0.05, 0) is 42.7 Å². The number of hydrogen-bond donors (Lipinski definition) is 1. The summed E-state index contributed by atoms with van der Waals surface area (Å²) < 4.78 is 5.23. The lowest BCUT2D eigenvalue weighted by molar-refractivity contribution is 0.415. The molecule has 132 valence electrons. The van der Waals surface area contributed by atoms with Crippen molar-refractivity contribution in [2.45, 2.75) is 19.4 Å². The summed E-state index contributed by atoms with van der Waals surface area (Å²) in [6, 6.07) is 10.6. The lowest BCUT2D eigenvalue weighted by Crippen LogP contribution is -2.36. The van der Waals surface area contributed by atoms with Crippen LogP contribution in [0.4, 0.5) is 5.69 Å². The third-order valence-corrected chi connectivity index (χ3v) is 5.01. The number of aromatic nitrogens is 2. The number of nitrogens with zero attached hydrogens (tertiary/aromatic N) is 2. The zero-order valence-electron chi connectivity index (χ0n) is 15.1. The molecule has 1 N–H and O–H groups in total. The number of nitrogens with one attached hydrogen (secondary N) is 1. The molecule has 0 radical (unpaired) electrons. The van der Waals surface area contributed by atoms with Crippen LogP contribution < -0.4 is 9.64 Å². The van der Waals surface area contributed by atoms with Crippen LogP contribution in [0.1, 0.15) is 17.5 Å². The lowest BCUT2D eigenvalue weighted by atomic mass is 10.0. The Hall–Kier alpha value is -3.01. The number of anilines is 1. The molecule has 4 heteroatoms. The van der Waals surface area contributed by atoms with Crippen molar-refractivity contribution in [3.05, 3.63) is 72.1 Å². The van der Waals surface area contributed by atoms with Gasteiger partial charge in [0.05, 0.1) is 25.0 Å². The highest BCUT2D eigenvalue weighted by Crippen LogP contribution is 2.30. The highest BCUT2D eigenvalue weighted by Gasteiger charge is 2.20. The van der Waals surface area contributed by atoms with E-state index in [0.717, 1.165) is 24.4 Å². The molecule has 0 aliphatic carbocycles. The van der Waals surface area contributed by atoms with E-state index in [1.165, 1.54) is 22.2 Å². The van der Waals surface area contributed by atoms with Crippen LogP contribution in [0.5, 0.6) is 5.75 Å². The highest BCUT2D eigenvalue weighted by molar-refractivity contribution is 5.84. The number of rotatable bonds is 4. The summed E-state index contributed by atoms with van der Waals surface area (Å²) in [5, 5.41) is 1.19. The van der Waals surface area contributed by atoms with E-state index < -0.39 is 0 Å². The fourth-order valence-corrected chi connectivity index (χ4v) is 3.50. The molecule has 0 fully saturated rings. The van der Waals surface area contributed by atoms with Gasteiger partial charge in [-0.3, -0.25) is 0 Å². The van der Waals surface area contributed by atoms with Crippen molar-refractivity contribution in [1.29, 1.82) is 0 Å². The van der Waals surface area contributed by atoms with Gasteiger partial charge in [0.1, 0.15) is 11.4 Å². The number of hydrogen-bond acceptors (Lipinski definition) is 3. The molecule has 1 aliphatic heterocycles. The summed E-state index contributed by atoms with van der Waals surface area (Å²) >= 11 is 0. The Morgan fingerprint density at radius 1 is 1.19 bits per heavy atom. The molecule has 1 unspecified atom stereocenters. The van der Waals surface area contributed by atoms with Crippen molar-refractivity contribution < 1.29 is 4.74 Å². The van der Waals surface area contributed by atoms with E-state index in [1.807, 2.05) is 24.5 Å². The predicted molar refractivity (Wildman–Crippen MR) is 108 cm³/mol. The predicted octanol–water partition coefficient (Wildman–Crippen LogP) is 4.73. The number of ether oxygens (including phenoxy) is 1.